The molecule has 0 saturated carbocycles. The summed E-state index contributed by atoms with van der Waals surface area (Å²) in [7, 11) is 1.90. The van der Waals surface area contributed by atoms with E-state index in [0.717, 1.165) is 51.9 Å². The van der Waals surface area contributed by atoms with Crippen LogP contribution in [0.4, 0.5) is 0 Å². The minimum atomic E-state index is -0.340. The lowest BCUT2D eigenvalue weighted by Crippen LogP contribution is -2.50. The molecule has 1 aromatic heterocycles. The zero-order chi connectivity index (χ0) is 15.9. The van der Waals surface area contributed by atoms with Crippen molar-refractivity contribution in [3.05, 3.63) is 18.5 Å². The lowest BCUT2D eigenvalue weighted by molar-refractivity contribution is -0.134. The number of aromatic nitrogens is 2. The highest BCUT2D eigenvalue weighted by atomic mass is 35.5. The molecule has 0 aliphatic carbocycles. The molecule has 25 heavy (non-hydrogen) atoms. The fourth-order valence-corrected chi connectivity index (χ4v) is 3.08. The van der Waals surface area contributed by atoms with Crippen molar-refractivity contribution in [2.75, 3.05) is 26.7 Å². The summed E-state index contributed by atoms with van der Waals surface area (Å²) in [6.45, 7) is 6.07. The molecule has 1 atom stereocenters. The molecule has 0 bridgehead atoms. The number of nitrogens with two attached hydrogens (primary N) is 1. The first kappa shape index (κ1) is 26.7. The first-order valence-electron chi connectivity index (χ1n) is 8.33. The van der Waals surface area contributed by atoms with E-state index in [1.165, 1.54) is 0 Å². The normalized spacial score (nSPS) is 16.1. The van der Waals surface area contributed by atoms with E-state index in [9.17, 15) is 4.79 Å². The van der Waals surface area contributed by atoms with Crippen LogP contribution in [0.5, 0.6) is 0 Å². The summed E-state index contributed by atoms with van der Waals surface area (Å²) in [6.07, 6.45) is 7.58. The van der Waals surface area contributed by atoms with Crippen LogP contribution in [0.3, 0.4) is 0 Å². The molecule has 1 amide bonds. The molecule has 9 heteroatoms. The van der Waals surface area contributed by atoms with Gasteiger partial charge < -0.3 is 15.5 Å². The number of amides is 1. The van der Waals surface area contributed by atoms with E-state index in [1.54, 1.807) is 0 Å². The largest absolute Gasteiger partial charge is 0.341 e. The molecule has 148 valence electrons. The molecule has 0 spiro atoms. The third kappa shape index (κ3) is 8.13. The van der Waals surface area contributed by atoms with Crippen molar-refractivity contribution in [1.29, 1.82) is 0 Å². The highest BCUT2D eigenvalue weighted by Gasteiger charge is 2.27. The lowest BCUT2D eigenvalue weighted by Gasteiger charge is -2.37. The zero-order valence-corrected chi connectivity index (χ0v) is 17.5. The van der Waals surface area contributed by atoms with E-state index < -0.39 is 0 Å². The first-order chi connectivity index (χ1) is 10.6. The molecule has 1 fully saturated rings. The van der Waals surface area contributed by atoms with E-state index in [4.69, 9.17) is 5.73 Å². The van der Waals surface area contributed by atoms with Gasteiger partial charge in [-0.1, -0.05) is 13.3 Å². The van der Waals surface area contributed by atoms with Crippen LogP contribution in [-0.2, 0) is 11.3 Å². The third-order valence-electron chi connectivity index (χ3n) is 4.57. The zero-order valence-electron chi connectivity index (χ0n) is 15.0. The number of likely N-dealkylation sites (N-methyl/N-ethyl adjacent to an activating group) is 1. The van der Waals surface area contributed by atoms with Gasteiger partial charge >= 0.3 is 0 Å². The van der Waals surface area contributed by atoms with E-state index in [2.05, 4.69) is 16.9 Å². The standard InChI is InChI=1S/C16H29N5O.3ClH/c1-3-5-15(17)16(22)19(2)14-6-10-20(11-7-14)12-13-21-9-4-8-18-21;;;/h4,8-9,14-15H,3,5-7,10-13,17H2,1-2H3;3*1H. The molecule has 1 aliphatic rings. The second-order valence-electron chi connectivity index (χ2n) is 6.19. The van der Waals surface area contributed by atoms with Gasteiger partial charge in [0.25, 0.3) is 0 Å². The number of hydrogen-bond donors (Lipinski definition) is 1. The van der Waals surface area contributed by atoms with Crippen molar-refractivity contribution < 1.29 is 4.79 Å². The monoisotopic (exact) mass is 415 g/mol. The van der Waals surface area contributed by atoms with Gasteiger partial charge in [-0.25, -0.2) is 0 Å². The molecule has 2 rings (SSSR count). The van der Waals surface area contributed by atoms with Crippen LogP contribution in [0, 0.1) is 0 Å². The van der Waals surface area contributed by atoms with Crippen LogP contribution >= 0.6 is 37.2 Å². The van der Waals surface area contributed by atoms with Crippen molar-refractivity contribution in [2.45, 2.75) is 51.2 Å². The minimum absolute atomic E-state index is 0. The Balaban J connectivity index is 0. The van der Waals surface area contributed by atoms with E-state index in [-0.39, 0.29) is 49.2 Å². The Bertz CT molecular complexity index is 453. The molecule has 0 radical (unpaired) electrons. The molecule has 6 nitrogen and oxygen atoms in total. The van der Waals surface area contributed by atoms with Gasteiger partial charge in [-0.05, 0) is 25.3 Å². The van der Waals surface area contributed by atoms with Crippen LogP contribution in [0.1, 0.15) is 32.6 Å². The summed E-state index contributed by atoms with van der Waals surface area (Å²) in [4.78, 5) is 16.6. The predicted molar refractivity (Wildman–Crippen MR) is 109 cm³/mol. The van der Waals surface area contributed by atoms with Gasteiger partial charge in [0.2, 0.25) is 5.91 Å². The molecule has 2 N–H and O–H groups in total. The number of hydrogen-bond acceptors (Lipinski definition) is 4. The summed E-state index contributed by atoms with van der Waals surface area (Å²) >= 11 is 0. The van der Waals surface area contributed by atoms with Crippen molar-refractivity contribution in [3.8, 4) is 0 Å². The second kappa shape index (κ2) is 13.6. The Morgan fingerprint density at radius 3 is 2.44 bits per heavy atom. The van der Waals surface area contributed by atoms with Crippen LogP contribution in [0.25, 0.3) is 0 Å². The molecule has 0 aromatic carbocycles. The quantitative estimate of drug-likeness (QED) is 0.740. The molecule has 1 aromatic rings. The van der Waals surface area contributed by atoms with Gasteiger partial charge in [0, 0.05) is 45.1 Å². The number of carbonyl (C=O) groups excluding carboxylic acids is 1. The summed E-state index contributed by atoms with van der Waals surface area (Å²) in [5.41, 5.74) is 5.95. The fourth-order valence-electron chi connectivity index (χ4n) is 3.08. The predicted octanol–water partition coefficient (Wildman–Crippen LogP) is 2.20. The summed E-state index contributed by atoms with van der Waals surface area (Å²) in [6, 6.07) is 1.94. The van der Waals surface area contributed by atoms with Gasteiger partial charge in [-0.3, -0.25) is 9.48 Å². The molecule has 1 saturated heterocycles. The second-order valence-corrected chi connectivity index (χ2v) is 6.19. The smallest absolute Gasteiger partial charge is 0.239 e. The molecular weight excluding hydrogens is 385 g/mol. The van der Waals surface area contributed by atoms with Crippen LogP contribution in [0.15, 0.2) is 18.5 Å². The van der Waals surface area contributed by atoms with Gasteiger partial charge in [0.15, 0.2) is 0 Å². The van der Waals surface area contributed by atoms with Gasteiger partial charge in [0.05, 0.1) is 12.6 Å². The molecule has 2 heterocycles. The van der Waals surface area contributed by atoms with Crippen molar-refractivity contribution >= 4 is 43.1 Å². The van der Waals surface area contributed by atoms with E-state index >= 15 is 0 Å². The fraction of sp³-hybridized carbons (Fsp3) is 0.750. The average molecular weight is 417 g/mol. The number of rotatable bonds is 7. The molecule has 1 aliphatic heterocycles. The van der Waals surface area contributed by atoms with Crippen molar-refractivity contribution in [3.63, 3.8) is 0 Å². The Morgan fingerprint density at radius 2 is 1.92 bits per heavy atom. The van der Waals surface area contributed by atoms with E-state index in [0.29, 0.717) is 6.04 Å². The third-order valence-corrected chi connectivity index (χ3v) is 4.57. The lowest BCUT2D eigenvalue weighted by atomic mass is 10.0. The first-order valence-corrected chi connectivity index (χ1v) is 8.33. The Labute approximate surface area is 169 Å². The number of nitrogens with zero attached hydrogens (tertiary/aromatic N) is 4. The molecule has 1 unspecified atom stereocenters. The minimum Gasteiger partial charge on any atom is -0.341 e. The maximum Gasteiger partial charge on any atom is 0.239 e. The number of piperidine rings is 1. The number of likely N-dealkylation sites (tertiary alicyclic amines) is 1. The Kier molecular flexibility index (Phi) is 14.6. The van der Waals surface area contributed by atoms with Crippen LogP contribution in [-0.4, -0.2) is 64.3 Å². The van der Waals surface area contributed by atoms with Gasteiger partial charge in [0.1, 0.15) is 0 Å². The molecular formula is C16H32Cl3N5O. The summed E-state index contributed by atoms with van der Waals surface area (Å²) in [5.74, 6) is 0.0943. The average Bonchev–Trinajstić information content (AvgIpc) is 3.05. The van der Waals surface area contributed by atoms with Gasteiger partial charge in [-0.2, -0.15) is 5.10 Å². The highest BCUT2D eigenvalue weighted by Crippen LogP contribution is 2.16. The van der Waals surface area contributed by atoms with Crippen LogP contribution < -0.4 is 5.73 Å². The van der Waals surface area contributed by atoms with E-state index in [1.807, 2.05) is 35.1 Å². The Morgan fingerprint density at radius 1 is 1.28 bits per heavy atom. The summed E-state index contributed by atoms with van der Waals surface area (Å²) in [5, 5.41) is 4.23. The van der Waals surface area contributed by atoms with Crippen molar-refractivity contribution in [2.24, 2.45) is 5.73 Å². The number of halogens is 3. The Hall–Kier alpha value is -0.530. The van der Waals surface area contributed by atoms with Crippen LogP contribution in [0.2, 0.25) is 0 Å². The van der Waals surface area contributed by atoms with Crippen molar-refractivity contribution in [1.82, 2.24) is 19.6 Å². The maximum absolute atomic E-state index is 12.3. The van der Waals surface area contributed by atoms with Gasteiger partial charge in [-0.15, -0.1) is 37.2 Å². The SMILES string of the molecule is CCCC(N)C(=O)N(C)C1CCN(CCn2cccn2)CC1.Cl.Cl.Cl. The summed E-state index contributed by atoms with van der Waals surface area (Å²) < 4.78 is 1.96. The number of carbonyl (C=O) groups is 1. The maximum atomic E-state index is 12.3. The highest BCUT2D eigenvalue weighted by molar-refractivity contribution is 5.86. The topological polar surface area (TPSA) is 67.4 Å².